The van der Waals surface area contributed by atoms with E-state index in [9.17, 15) is 0 Å². The lowest BCUT2D eigenvalue weighted by atomic mass is 9.79. The highest BCUT2D eigenvalue weighted by atomic mass is 16.5. The summed E-state index contributed by atoms with van der Waals surface area (Å²) in [6, 6.07) is 11.0. The minimum atomic E-state index is 0.676. The summed E-state index contributed by atoms with van der Waals surface area (Å²) in [6.07, 6.45) is 5.92. The molecule has 0 radical (unpaired) electrons. The van der Waals surface area contributed by atoms with Gasteiger partial charge in [0.2, 0.25) is 0 Å². The van der Waals surface area contributed by atoms with Crippen LogP contribution in [-0.2, 0) is 4.74 Å². The third-order valence-electron chi connectivity index (χ3n) is 5.31. The first kappa shape index (κ1) is 19.8. The molecule has 1 aromatic carbocycles. The molecule has 0 bridgehead atoms. The van der Waals surface area contributed by atoms with Gasteiger partial charge in [0.05, 0.1) is 0 Å². The molecule has 0 spiro atoms. The summed E-state index contributed by atoms with van der Waals surface area (Å²) in [7, 11) is 3.67. The smallest absolute Gasteiger partial charge is 0.193 e. The van der Waals surface area contributed by atoms with Gasteiger partial charge < -0.3 is 15.0 Å². The number of guanidine groups is 1. The SMILES string of the molecule is CCC1CN(C(=NC)NCCCCCOC)CCC1c1ccccc1. The maximum absolute atomic E-state index is 5.10. The molecule has 2 unspecified atom stereocenters. The lowest BCUT2D eigenvalue weighted by Crippen LogP contribution is -2.48. The average molecular weight is 346 g/mol. The molecule has 0 aliphatic carbocycles. The summed E-state index contributed by atoms with van der Waals surface area (Å²) in [5, 5.41) is 3.55. The Morgan fingerprint density at radius 1 is 1.24 bits per heavy atom. The molecule has 0 aromatic heterocycles. The first-order valence-corrected chi connectivity index (χ1v) is 9.79. The molecule has 140 valence electrons. The monoisotopic (exact) mass is 345 g/mol. The molecule has 25 heavy (non-hydrogen) atoms. The number of nitrogens with zero attached hydrogens (tertiary/aromatic N) is 2. The van der Waals surface area contributed by atoms with E-state index in [1.54, 1.807) is 7.11 Å². The fraction of sp³-hybridized carbons (Fsp3) is 0.667. The van der Waals surface area contributed by atoms with Crippen molar-refractivity contribution in [2.24, 2.45) is 10.9 Å². The van der Waals surface area contributed by atoms with E-state index < -0.39 is 0 Å². The van der Waals surface area contributed by atoms with Crippen molar-refractivity contribution in [2.45, 2.75) is 44.9 Å². The van der Waals surface area contributed by atoms with E-state index >= 15 is 0 Å². The van der Waals surface area contributed by atoms with Gasteiger partial charge in [0.1, 0.15) is 0 Å². The predicted molar refractivity (Wildman–Crippen MR) is 106 cm³/mol. The average Bonchev–Trinajstić information content (AvgIpc) is 2.67. The standard InChI is InChI=1S/C21H35N3O/c1-4-18-17-24(15-13-20(18)19-11-7-5-8-12-19)21(22-2)23-14-9-6-10-16-25-3/h5,7-8,11-12,18,20H,4,6,9-10,13-17H2,1-3H3,(H,22,23). The zero-order chi connectivity index (χ0) is 17.9. The van der Waals surface area contributed by atoms with Crippen LogP contribution in [0.25, 0.3) is 0 Å². The van der Waals surface area contributed by atoms with Crippen molar-refractivity contribution in [1.82, 2.24) is 10.2 Å². The van der Waals surface area contributed by atoms with Crippen LogP contribution >= 0.6 is 0 Å². The van der Waals surface area contributed by atoms with Crippen molar-refractivity contribution < 1.29 is 4.74 Å². The van der Waals surface area contributed by atoms with Gasteiger partial charge in [-0.05, 0) is 43.1 Å². The number of rotatable bonds is 8. The molecule has 1 aliphatic heterocycles. The van der Waals surface area contributed by atoms with Crippen molar-refractivity contribution in [3.05, 3.63) is 35.9 Å². The Morgan fingerprint density at radius 3 is 2.72 bits per heavy atom. The molecule has 1 fully saturated rings. The molecule has 1 N–H and O–H groups in total. The number of benzene rings is 1. The van der Waals surface area contributed by atoms with Gasteiger partial charge in [0.25, 0.3) is 0 Å². The third kappa shape index (κ3) is 6.03. The zero-order valence-electron chi connectivity index (χ0n) is 16.2. The van der Waals surface area contributed by atoms with Crippen molar-refractivity contribution in [3.63, 3.8) is 0 Å². The fourth-order valence-corrected chi connectivity index (χ4v) is 3.86. The Labute approximate surface area is 153 Å². The molecule has 1 heterocycles. The Kier molecular flexibility index (Phi) is 8.81. The Hall–Kier alpha value is -1.55. The lowest BCUT2D eigenvalue weighted by Gasteiger charge is -2.40. The van der Waals surface area contributed by atoms with Gasteiger partial charge in [0, 0.05) is 40.4 Å². The van der Waals surface area contributed by atoms with Crippen LogP contribution in [0.3, 0.4) is 0 Å². The first-order chi connectivity index (χ1) is 12.3. The zero-order valence-corrected chi connectivity index (χ0v) is 16.2. The topological polar surface area (TPSA) is 36.9 Å². The minimum Gasteiger partial charge on any atom is -0.385 e. The first-order valence-electron chi connectivity index (χ1n) is 9.79. The number of aliphatic imine (C=N–C) groups is 1. The molecule has 1 saturated heterocycles. The summed E-state index contributed by atoms with van der Waals surface area (Å²) < 4.78 is 5.10. The third-order valence-corrected chi connectivity index (χ3v) is 5.31. The molecule has 0 saturated carbocycles. The van der Waals surface area contributed by atoms with Crippen LogP contribution in [0.1, 0.15) is 50.5 Å². The second kappa shape index (κ2) is 11.1. The van der Waals surface area contributed by atoms with Crippen LogP contribution in [0.15, 0.2) is 35.3 Å². The van der Waals surface area contributed by atoms with E-state index in [-0.39, 0.29) is 0 Å². The molecular formula is C21H35N3O. The van der Waals surface area contributed by atoms with Crippen LogP contribution < -0.4 is 5.32 Å². The highest BCUT2D eigenvalue weighted by Crippen LogP contribution is 2.34. The van der Waals surface area contributed by atoms with Crippen LogP contribution in [-0.4, -0.2) is 51.3 Å². The summed E-state index contributed by atoms with van der Waals surface area (Å²) >= 11 is 0. The van der Waals surface area contributed by atoms with Gasteiger partial charge in [-0.3, -0.25) is 4.99 Å². The quantitative estimate of drug-likeness (QED) is 0.441. The minimum absolute atomic E-state index is 0.676. The van der Waals surface area contributed by atoms with Crippen molar-refractivity contribution in [3.8, 4) is 0 Å². The molecule has 0 amide bonds. The number of nitrogens with one attached hydrogen (secondary N) is 1. The largest absolute Gasteiger partial charge is 0.385 e. The molecule has 4 heteroatoms. The van der Waals surface area contributed by atoms with E-state index in [0.29, 0.717) is 11.8 Å². The summed E-state index contributed by atoms with van der Waals surface area (Å²) in [6.45, 7) is 6.35. The van der Waals surface area contributed by atoms with Gasteiger partial charge in [0.15, 0.2) is 5.96 Å². The lowest BCUT2D eigenvalue weighted by molar-refractivity contribution is 0.192. The maximum atomic E-state index is 5.10. The number of unbranched alkanes of at least 4 members (excludes halogenated alkanes) is 2. The van der Waals surface area contributed by atoms with E-state index in [1.165, 1.54) is 31.2 Å². The van der Waals surface area contributed by atoms with Crippen molar-refractivity contribution >= 4 is 5.96 Å². The van der Waals surface area contributed by atoms with Crippen LogP contribution in [0.5, 0.6) is 0 Å². The number of hydrogen-bond acceptors (Lipinski definition) is 2. The Morgan fingerprint density at radius 2 is 2.04 bits per heavy atom. The highest BCUT2D eigenvalue weighted by molar-refractivity contribution is 5.80. The van der Waals surface area contributed by atoms with Gasteiger partial charge in [-0.25, -0.2) is 0 Å². The van der Waals surface area contributed by atoms with Crippen LogP contribution in [0, 0.1) is 5.92 Å². The Balaban J connectivity index is 1.84. The van der Waals surface area contributed by atoms with Crippen molar-refractivity contribution in [1.29, 1.82) is 0 Å². The molecular weight excluding hydrogens is 310 g/mol. The van der Waals surface area contributed by atoms with Gasteiger partial charge in [-0.1, -0.05) is 43.7 Å². The molecule has 4 nitrogen and oxygen atoms in total. The Bertz CT molecular complexity index is 503. The van der Waals surface area contributed by atoms with Gasteiger partial charge in [-0.2, -0.15) is 0 Å². The molecule has 1 aromatic rings. The number of methoxy groups -OCH3 is 1. The number of hydrogen-bond donors (Lipinski definition) is 1. The van der Waals surface area contributed by atoms with E-state index in [0.717, 1.165) is 38.6 Å². The van der Waals surface area contributed by atoms with Gasteiger partial charge >= 0.3 is 0 Å². The number of piperidine rings is 1. The van der Waals surface area contributed by atoms with Crippen LogP contribution in [0.2, 0.25) is 0 Å². The summed E-state index contributed by atoms with van der Waals surface area (Å²) in [4.78, 5) is 6.97. The van der Waals surface area contributed by atoms with E-state index in [2.05, 4.69) is 52.5 Å². The number of likely N-dealkylation sites (tertiary alicyclic amines) is 1. The summed E-state index contributed by atoms with van der Waals surface area (Å²) in [5.41, 5.74) is 1.50. The summed E-state index contributed by atoms with van der Waals surface area (Å²) in [5.74, 6) is 2.43. The predicted octanol–water partition coefficient (Wildman–Crippen LogP) is 3.89. The maximum Gasteiger partial charge on any atom is 0.193 e. The highest BCUT2D eigenvalue weighted by Gasteiger charge is 2.30. The fourth-order valence-electron chi connectivity index (χ4n) is 3.86. The second-order valence-electron chi connectivity index (χ2n) is 6.95. The van der Waals surface area contributed by atoms with Gasteiger partial charge in [-0.15, -0.1) is 0 Å². The van der Waals surface area contributed by atoms with Crippen molar-refractivity contribution in [2.75, 3.05) is 40.4 Å². The second-order valence-corrected chi connectivity index (χ2v) is 6.95. The molecule has 2 atom stereocenters. The van der Waals surface area contributed by atoms with Crippen LogP contribution in [0.4, 0.5) is 0 Å². The normalized spacial score (nSPS) is 21.4. The number of ether oxygens (including phenoxy) is 1. The molecule has 2 rings (SSSR count). The molecule has 1 aliphatic rings. The van der Waals surface area contributed by atoms with E-state index in [1.807, 2.05) is 7.05 Å². The van der Waals surface area contributed by atoms with E-state index in [4.69, 9.17) is 4.74 Å².